The van der Waals surface area contributed by atoms with Crippen LogP contribution in [0.5, 0.6) is 5.75 Å². The molecular formula is C29H33N3O3. The van der Waals surface area contributed by atoms with Gasteiger partial charge < -0.3 is 20.3 Å². The highest BCUT2D eigenvalue weighted by Crippen LogP contribution is 2.22. The Morgan fingerprint density at radius 3 is 2.54 bits per heavy atom. The van der Waals surface area contributed by atoms with E-state index in [0.717, 1.165) is 48.4 Å². The molecule has 1 aliphatic rings. The number of para-hydroxylation sites is 1. The number of anilines is 2. The Kier molecular flexibility index (Phi) is 8.03. The Balaban J connectivity index is 1.28. The van der Waals surface area contributed by atoms with Gasteiger partial charge in [0.1, 0.15) is 12.4 Å². The van der Waals surface area contributed by atoms with Crippen molar-refractivity contribution in [2.45, 2.75) is 45.6 Å². The molecule has 1 heterocycles. The van der Waals surface area contributed by atoms with Crippen LogP contribution >= 0.6 is 0 Å². The summed E-state index contributed by atoms with van der Waals surface area (Å²) in [5.74, 6) is 0.967. The van der Waals surface area contributed by atoms with Crippen LogP contribution in [0.2, 0.25) is 0 Å². The summed E-state index contributed by atoms with van der Waals surface area (Å²) in [7, 11) is 0. The van der Waals surface area contributed by atoms with Crippen LogP contribution in [0.4, 0.5) is 16.2 Å². The Hall–Kier alpha value is -3.80. The molecule has 6 heteroatoms. The van der Waals surface area contributed by atoms with Crippen molar-refractivity contribution in [3.8, 4) is 5.75 Å². The number of benzene rings is 3. The number of nitrogens with zero attached hydrogens (tertiary/aromatic N) is 1. The number of hydrogen-bond donors (Lipinski definition) is 2. The van der Waals surface area contributed by atoms with Gasteiger partial charge in [0.2, 0.25) is 5.91 Å². The number of nitrogens with one attached hydrogen (secondary N) is 2. The van der Waals surface area contributed by atoms with Crippen molar-refractivity contribution in [3.05, 3.63) is 89.5 Å². The fraction of sp³-hybridized carbons (Fsp3) is 0.310. The zero-order chi connectivity index (χ0) is 24.6. The van der Waals surface area contributed by atoms with E-state index < -0.39 is 0 Å². The number of rotatable bonds is 8. The molecule has 3 aromatic rings. The van der Waals surface area contributed by atoms with Gasteiger partial charge in [-0.1, -0.05) is 49.4 Å². The summed E-state index contributed by atoms with van der Waals surface area (Å²) < 4.78 is 6.03. The van der Waals surface area contributed by atoms with Crippen molar-refractivity contribution >= 4 is 23.3 Å². The van der Waals surface area contributed by atoms with Crippen molar-refractivity contribution in [1.29, 1.82) is 0 Å². The van der Waals surface area contributed by atoms with Crippen LogP contribution in [-0.4, -0.2) is 36.0 Å². The SMILES string of the molecule is CCc1cccc(OC[C@@H]2CCCN2C(=O)Cc2ccc(NC(=O)Nc3ccccc3C)cc2)c1. The van der Waals surface area contributed by atoms with Crippen LogP contribution in [0.3, 0.4) is 0 Å². The van der Waals surface area contributed by atoms with Crippen molar-refractivity contribution < 1.29 is 14.3 Å². The predicted molar refractivity (Wildman–Crippen MR) is 140 cm³/mol. The maximum absolute atomic E-state index is 13.0. The van der Waals surface area contributed by atoms with Gasteiger partial charge >= 0.3 is 6.03 Å². The molecule has 2 N–H and O–H groups in total. The van der Waals surface area contributed by atoms with Crippen molar-refractivity contribution in [1.82, 2.24) is 4.90 Å². The number of ether oxygens (including phenoxy) is 1. The van der Waals surface area contributed by atoms with Gasteiger partial charge in [0.25, 0.3) is 0 Å². The molecule has 0 saturated carbocycles. The van der Waals surface area contributed by atoms with E-state index in [9.17, 15) is 9.59 Å². The lowest BCUT2D eigenvalue weighted by Crippen LogP contribution is -2.39. The molecule has 0 bridgehead atoms. The zero-order valence-corrected chi connectivity index (χ0v) is 20.4. The minimum atomic E-state index is -0.299. The largest absolute Gasteiger partial charge is 0.491 e. The molecule has 1 saturated heterocycles. The van der Waals surface area contributed by atoms with Gasteiger partial charge in [0.05, 0.1) is 12.5 Å². The lowest BCUT2D eigenvalue weighted by atomic mass is 10.1. The first-order valence-corrected chi connectivity index (χ1v) is 12.3. The third-order valence-corrected chi connectivity index (χ3v) is 6.41. The summed E-state index contributed by atoms with van der Waals surface area (Å²) >= 11 is 0. The van der Waals surface area contributed by atoms with E-state index in [0.29, 0.717) is 18.7 Å². The number of hydrogen-bond acceptors (Lipinski definition) is 3. The zero-order valence-electron chi connectivity index (χ0n) is 20.4. The smallest absolute Gasteiger partial charge is 0.323 e. The molecule has 4 rings (SSSR count). The van der Waals surface area contributed by atoms with Gasteiger partial charge in [0, 0.05) is 17.9 Å². The minimum absolute atomic E-state index is 0.0962. The first kappa shape index (κ1) is 24.3. The Bertz CT molecular complexity index is 1160. The van der Waals surface area contributed by atoms with E-state index >= 15 is 0 Å². The third kappa shape index (κ3) is 6.63. The first-order valence-electron chi connectivity index (χ1n) is 12.3. The summed E-state index contributed by atoms with van der Waals surface area (Å²) in [6.07, 6.45) is 3.25. The molecule has 1 aliphatic heterocycles. The van der Waals surface area contributed by atoms with E-state index in [-0.39, 0.29) is 18.0 Å². The standard InChI is InChI=1S/C29H33N3O3/c1-3-22-9-6-11-26(18-22)35-20-25-10-7-17-32(25)28(33)19-23-13-15-24(16-14-23)30-29(34)31-27-12-5-4-8-21(27)2/h4-6,8-9,11-16,18,25H,3,7,10,17,19-20H2,1-2H3,(H2,30,31,34)/t25-/m0/s1. The number of amides is 3. The van der Waals surface area contributed by atoms with Crippen LogP contribution < -0.4 is 15.4 Å². The van der Waals surface area contributed by atoms with E-state index in [4.69, 9.17) is 4.74 Å². The Labute approximate surface area is 207 Å². The monoisotopic (exact) mass is 471 g/mol. The van der Waals surface area contributed by atoms with Gasteiger partial charge in [-0.15, -0.1) is 0 Å². The number of carbonyl (C=O) groups is 2. The van der Waals surface area contributed by atoms with Gasteiger partial charge in [0.15, 0.2) is 0 Å². The van der Waals surface area contributed by atoms with E-state index in [1.54, 1.807) is 0 Å². The van der Waals surface area contributed by atoms with Crippen LogP contribution in [0.25, 0.3) is 0 Å². The fourth-order valence-corrected chi connectivity index (χ4v) is 4.36. The molecule has 0 unspecified atom stereocenters. The van der Waals surface area contributed by atoms with Crippen molar-refractivity contribution in [2.75, 3.05) is 23.8 Å². The Morgan fingerprint density at radius 2 is 1.77 bits per heavy atom. The summed E-state index contributed by atoms with van der Waals surface area (Å²) in [4.78, 5) is 27.3. The van der Waals surface area contributed by atoms with Gasteiger partial charge in [-0.3, -0.25) is 4.79 Å². The summed E-state index contributed by atoms with van der Waals surface area (Å²) in [5.41, 5.74) is 4.61. The number of likely N-dealkylation sites (tertiary alicyclic amines) is 1. The second kappa shape index (κ2) is 11.6. The molecule has 0 radical (unpaired) electrons. The van der Waals surface area contributed by atoms with Crippen LogP contribution in [0, 0.1) is 6.92 Å². The van der Waals surface area contributed by atoms with E-state index in [1.165, 1.54) is 5.56 Å². The molecule has 1 fully saturated rings. The van der Waals surface area contributed by atoms with E-state index in [2.05, 4.69) is 29.7 Å². The number of aryl methyl sites for hydroxylation is 2. The highest BCUT2D eigenvalue weighted by Gasteiger charge is 2.29. The van der Waals surface area contributed by atoms with Crippen LogP contribution in [-0.2, 0) is 17.6 Å². The highest BCUT2D eigenvalue weighted by molar-refractivity contribution is 6.00. The summed E-state index contributed by atoms with van der Waals surface area (Å²) in [5, 5.41) is 5.69. The second-order valence-corrected chi connectivity index (χ2v) is 8.96. The average Bonchev–Trinajstić information content (AvgIpc) is 3.34. The molecule has 0 aromatic heterocycles. The summed E-state index contributed by atoms with van der Waals surface area (Å²) in [6, 6.07) is 23.0. The van der Waals surface area contributed by atoms with Crippen LogP contribution in [0.15, 0.2) is 72.8 Å². The normalized spacial score (nSPS) is 15.0. The molecule has 3 amide bonds. The molecule has 1 atom stereocenters. The number of carbonyl (C=O) groups excluding carboxylic acids is 2. The predicted octanol–water partition coefficient (Wildman–Crippen LogP) is 5.81. The highest BCUT2D eigenvalue weighted by atomic mass is 16.5. The third-order valence-electron chi connectivity index (χ3n) is 6.41. The van der Waals surface area contributed by atoms with Gasteiger partial charge in [-0.25, -0.2) is 4.79 Å². The molecule has 0 aliphatic carbocycles. The first-order chi connectivity index (χ1) is 17.0. The second-order valence-electron chi connectivity index (χ2n) is 8.96. The lowest BCUT2D eigenvalue weighted by molar-refractivity contribution is -0.131. The lowest BCUT2D eigenvalue weighted by Gasteiger charge is -2.25. The van der Waals surface area contributed by atoms with E-state index in [1.807, 2.05) is 72.5 Å². The van der Waals surface area contributed by atoms with Gasteiger partial charge in [-0.05, 0) is 73.2 Å². The molecule has 0 spiro atoms. The average molecular weight is 472 g/mol. The topological polar surface area (TPSA) is 70.7 Å². The fourth-order valence-electron chi connectivity index (χ4n) is 4.36. The van der Waals surface area contributed by atoms with Crippen molar-refractivity contribution in [3.63, 3.8) is 0 Å². The van der Waals surface area contributed by atoms with Crippen LogP contribution in [0.1, 0.15) is 36.5 Å². The number of urea groups is 1. The van der Waals surface area contributed by atoms with Gasteiger partial charge in [-0.2, -0.15) is 0 Å². The molecule has 6 nitrogen and oxygen atoms in total. The quantitative estimate of drug-likeness (QED) is 0.435. The summed E-state index contributed by atoms with van der Waals surface area (Å²) in [6.45, 7) is 5.35. The molecule has 35 heavy (non-hydrogen) atoms. The maximum Gasteiger partial charge on any atom is 0.323 e. The maximum atomic E-state index is 13.0. The molecule has 182 valence electrons. The molecular weight excluding hydrogens is 438 g/mol. The minimum Gasteiger partial charge on any atom is -0.491 e. The van der Waals surface area contributed by atoms with Crippen molar-refractivity contribution in [2.24, 2.45) is 0 Å². The molecule has 3 aromatic carbocycles. The Morgan fingerprint density at radius 1 is 0.971 bits per heavy atom.